The van der Waals surface area contributed by atoms with E-state index in [9.17, 15) is 0 Å². The van der Waals surface area contributed by atoms with Crippen LogP contribution in [0.15, 0.2) is 59.1 Å². The second-order valence-electron chi connectivity index (χ2n) is 8.49. The lowest BCUT2D eigenvalue weighted by molar-refractivity contribution is 0.670. The molecule has 1 aliphatic rings. The van der Waals surface area contributed by atoms with Crippen LogP contribution in [0.3, 0.4) is 0 Å². The Balaban J connectivity index is 1.72. The highest BCUT2D eigenvalue weighted by Gasteiger charge is 2.24. The lowest BCUT2D eigenvalue weighted by Gasteiger charge is -2.15. The molecule has 3 heteroatoms. The second-order valence-corrected chi connectivity index (χ2v) is 13.6. The Bertz CT molecular complexity index is 1130. The van der Waals surface area contributed by atoms with Gasteiger partial charge in [-0.25, -0.2) is 0 Å². The molecule has 0 amide bonds. The molecule has 1 aliphatic carbocycles. The molecule has 5 rings (SSSR count). The number of pyridine rings is 1. The lowest BCUT2D eigenvalue weighted by Crippen LogP contribution is -2.37. The molecule has 0 radical (unpaired) electrons. The van der Waals surface area contributed by atoms with E-state index in [1.807, 2.05) is 6.20 Å². The summed E-state index contributed by atoms with van der Waals surface area (Å²) in [5.74, 6) is 0.728. The predicted octanol–water partition coefficient (Wildman–Crippen LogP) is 6.07. The maximum atomic E-state index is 6.37. The summed E-state index contributed by atoms with van der Waals surface area (Å²) in [6.07, 6.45) is 4.54. The highest BCUT2D eigenvalue weighted by Crippen LogP contribution is 2.41. The Hall–Kier alpha value is -2.39. The topological polar surface area (TPSA) is 26.0 Å². The van der Waals surface area contributed by atoms with Gasteiger partial charge >= 0.3 is 0 Å². The van der Waals surface area contributed by atoms with Gasteiger partial charge in [-0.15, -0.1) is 0 Å². The first-order valence-electron chi connectivity index (χ1n) is 9.43. The van der Waals surface area contributed by atoms with Crippen molar-refractivity contribution in [2.45, 2.75) is 38.4 Å². The molecule has 4 aromatic rings. The van der Waals surface area contributed by atoms with E-state index < -0.39 is 8.07 Å². The molecule has 2 nitrogen and oxygen atoms in total. The molecule has 0 N–H and O–H groups in total. The normalized spacial score (nSPS) is 15.0. The first-order valence-corrected chi connectivity index (χ1v) is 12.9. The van der Waals surface area contributed by atoms with Gasteiger partial charge in [0.1, 0.15) is 11.2 Å². The molecule has 1 saturated carbocycles. The average Bonchev–Trinajstić information content (AvgIpc) is 3.41. The van der Waals surface area contributed by atoms with Crippen LogP contribution >= 0.6 is 0 Å². The van der Waals surface area contributed by atoms with Crippen LogP contribution < -0.4 is 5.19 Å². The van der Waals surface area contributed by atoms with Crippen molar-refractivity contribution < 1.29 is 4.42 Å². The van der Waals surface area contributed by atoms with E-state index in [0.717, 1.165) is 28.3 Å². The summed E-state index contributed by atoms with van der Waals surface area (Å²) >= 11 is 0. The van der Waals surface area contributed by atoms with Gasteiger partial charge in [-0.3, -0.25) is 4.98 Å². The Morgan fingerprint density at radius 2 is 1.81 bits per heavy atom. The van der Waals surface area contributed by atoms with E-state index in [-0.39, 0.29) is 0 Å². The van der Waals surface area contributed by atoms with Crippen LogP contribution in [-0.2, 0) is 0 Å². The van der Waals surface area contributed by atoms with E-state index in [4.69, 9.17) is 4.42 Å². The van der Waals surface area contributed by atoms with Crippen LogP contribution in [0.4, 0.5) is 0 Å². The molecule has 26 heavy (non-hydrogen) atoms. The van der Waals surface area contributed by atoms with E-state index in [2.05, 4.69) is 73.2 Å². The van der Waals surface area contributed by atoms with Gasteiger partial charge in [0.2, 0.25) is 0 Å². The van der Waals surface area contributed by atoms with Gasteiger partial charge in [-0.1, -0.05) is 49.1 Å². The summed E-state index contributed by atoms with van der Waals surface area (Å²) in [4.78, 5) is 4.64. The molecule has 2 heterocycles. The van der Waals surface area contributed by atoms with Crippen molar-refractivity contribution in [1.82, 2.24) is 4.98 Å². The number of nitrogens with zero attached hydrogens (tertiary/aromatic N) is 1. The highest BCUT2D eigenvalue weighted by molar-refractivity contribution is 6.88. The minimum absolute atomic E-state index is 0.728. The zero-order valence-corrected chi connectivity index (χ0v) is 16.5. The number of hydrogen-bond acceptors (Lipinski definition) is 2. The molecule has 2 aromatic heterocycles. The fourth-order valence-electron chi connectivity index (χ4n) is 3.73. The Morgan fingerprint density at radius 3 is 2.58 bits per heavy atom. The molecule has 0 aliphatic heterocycles. The number of rotatable bonds is 3. The summed E-state index contributed by atoms with van der Waals surface area (Å²) in [5, 5.41) is 3.81. The van der Waals surface area contributed by atoms with Gasteiger partial charge in [0.05, 0.1) is 13.8 Å². The first-order chi connectivity index (χ1) is 12.5. The molecule has 0 unspecified atom stereocenters. The van der Waals surface area contributed by atoms with Crippen LogP contribution in [0.5, 0.6) is 0 Å². The number of aromatic nitrogens is 1. The number of para-hydroxylation sites is 1. The van der Waals surface area contributed by atoms with Crippen LogP contribution in [0, 0.1) is 0 Å². The Labute approximate surface area is 154 Å². The predicted molar refractivity (Wildman–Crippen MR) is 112 cm³/mol. The van der Waals surface area contributed by atoms with Gasteiger partial charge in [-0.05, 0) is 48.6 Å². The third-order valence-corrected chi connectivity index (χ3v) is 7.52. The van der Waals surface area contributed by atoms with Crippen molar-refractivity contribution in [2.24, 2.45) is 0 Å². The summed E-state index contributed by atoms with van der Waals surface area (Å²) in [6.45, 7) is 7.11. The number of fused-ring (bicyclic) bond motifs is 3. The standard InChI is InChI=1S/C23H23NOSi/c1-26(2,3)17-9-10-18-19-5-4-6-20(23(19)25-22(18)14-17)21-13-16(11-12-24-21)15-7-8-15/h4-6,9-15H,7-8H2,1-3H3. The maximum Gasteiger partial charge on any atom is 0.144 e. The van der Waals surface area contributed by atoms with Gasteiger partial charge < -0.3 is 4.42 Å². The summed E-state index contributed by atoms with van der Waals surface area (Å²) < 4.78 is 6.37. The number of hydrogen-bond donors (Lipinski definition) is 0. The van der Waals surface area contributed by atoms with Gasteiger partial charge in [-0.2, -0.15) is 0 Å². The smallest absolute Gasteiger partial charge is 0.144 e. The van der Waals surface area contributed by atoms with Crippen molar-refractivity contribution in [2.75, 3.05) is 0 Å². The molecule has 0 bridgehead atoms. The van der Waals surface area contributed by atoms with Crippen molar-refractivity contribution in [3.05, 3.63) is 60.3 Å². The average molecular weight is 358 g/mol. The minimum atomic E-state index is -1.36. The molecule has 0 spiro atoms. The lowest BCUT2D eigenvalue weighted by atomic mass is 10.0. The highest BCUT2D eigenvalue weighted by atomic mass is 28.3. The molecular weight excluding hydrogens is 334 g/mol. The first kappa shape index (κ1) is 15.8. The van der Waals surface area contributed by atoms with Crippen molar-refractivity contribution >= 4 is 35.2 Å². The second kappa shape index (κ2) is 5.55. The Kier molecular flexibility index (Phi) is 3.38. The van der Waals surface area contributed by atoms with Crippen molar-refractivity contribution in [3.63, 3.8) is 0 Å². The monoisotopic (exact) mass is 357 g/mol. The summed E-state index contributed by atoms with van der Waals surface area (Å²) in [5.41, 5.74) is 5.46. The van der Waals surface area contributed by atoms with Gasteiger partial charge in [0.25, 0.3) is 0 Å². The molecule has 130 valence electrons. The molecule has 0 saturated heterocycles. The zero-order valence-electron chi connectivity index (χ0n) is 15.5. The molecular formula is C23H23NOSi. The fraction of sp³-hybridized carbons (Fsp3) is 0.261. The summed E-state index contributed by atoms with van der Waals surface area (Å²) in [6, 6.07) is 17.6. The number of benzene rings is 2. The van der Waals surface area contributed by atoms with Crippen LogP contribution in [0.2, 0.25) is 19.6 Å². The van der Waals surface area contributed by atoms with Crippen LogP contribution in [0.25, 0.3) is 33.2 Å². The number of furan rings is 1. The van der Waals surface area contributed by atoms with E-state index in [1.54, 1.807) is 0 Å². The van der Waals surface area contributed by atoms with Crippen LogP contribution in [-0.4, -0.2) is 13.1 Å². The van der Waals surface area contributed by atoms with Gasteiger partial charge in [0, 0.05) is 22.5 Å². The van der Waals surface area contributed by atoms with E-state index in [1.165, 1.54) is 34.4 Å². The molecule has 0 atom stereocenters. The van der Waals surface area contributed by atoms with E-state index in [0.29, 0.717) is 0 Å². The Morgan fingerprint density at radius 1 is 0.962 bits per heavy atom. The minimum Gasteiger partial charge on any atom is -0.455 e. The van der Waals surface area contributed by atoms with Crippen molar-refractivity contribution in [3.8, 4) is 11.3 Å². The molecule has 1 fully saturated rings. The fourth-order valence-corrected chi connectivity index (χ4v) is 4.88. The quantitative estimate of drug-likeness (QED) is 0.416. The van der Waals surface area contributed by atoms with E-state index >= 15 is 0 Å². The largest absolute Gasteiger partial charge is 0.455 e. The zero-order chi connectivity index (χ0) is 17.9. The third kappa shape index (κ3) is 2.58. The van der Waals surface area contributed by atoms with Crippen molar-refractivity contribution in [1.29, 1.82) is 0 Å². The molecule has 2 aromatic carbocycles. The summed E-state index contributed by atoms with van der Waals surface area (Å²) in [7, 11) is -1.36. The SMILES string of the molecule is C[Si](C)(C)c1ccc2c(c1)oc1c(-c3cc(C4CC4)ccn3)cccc12. The third-order valence-electron chi connectivity index (χ3n) is 5.47. The van der Waals surface area contributed by atoms with Gasteiger partial charge in [0.15, 0.2) is 0 Å². The maximum absolute atomic E-state index is 6.37. The van der Waals surface area contributed by atoms with Crippen LogP contribution in [0.1, 0.15) is 24.3 Å².